The molecule has 0 aromatic heterocycles. The van der Waals surface area contributed by atoms with E-state index in [9.17, 15) is 4.79 Å². The van der Waals surface area contributed by atoms with Crippen molar-refractivity contribution in [2.45, 2.75) is 18.9 Å². The standard InChI is InChI=1S/C14H16N2O/c15-10-13(12-7-8-12)16-14(17)9-6-11-4-2-1-3-5-11/h1-5,12-13H,7-8,10,15H2,(H,16,17). The SMILES string of the molecule is NCC(NC(=O)C#Cc1ccccc1)C1CC1. The molecule has 0 spiro atoms. The van der Waals surface area contributed by atoms with Crippen LogP contribution in [0.1, 0.15) is 18.4 Å². The third-order valence-electron chi connectivity index (χ3n) is 2.86. The summed E-state index contributed by atoms with van der Waals surface area (Å²) in [6.07, 6.45) is 2.32. The molecule has 1 amide bonds. The Morgan fingerprint density at radius 2 is 2.12 bits per heavy atom. The fourth-order valence-electron chi connectivity index (χ4n) is 1.72. The summed E-state index contributed by atoms with van der Waals surface area (Å²) in [4.78, 5) is 11.6. The second-order valence-electron chi connectivity index (χ2n) is 4.27. The van der Waals surface area contributed by atoms with Crippen LogP contribution in [0.5, 0.6) is 0 Å². The highest BCUT2D eigenvalue weighted by atomic mass is 16.1. The Balaban J connectivity index is 1.90. The molecule has 0 saturated heterocycles. The van der Waals surface area contributed by atoms with Crippen LogP contribution < -0.4 is 11.1 Å². The molecule has 3 nitrogen and oxygen atoms in total. The van der Waals surface area contributed by atoms with Crippen LogP contribution in [0, 0.1) is 17.8 Å². The first-order valence-corrected chi connectivity index (χ1v) is 5.87. The number of benzene rings is 1. The highest BCUT2D eigenvalue weighted by molar-refractivity contribution is 5.94. The lowest BCUT2D eigenvalue weighted by molar-refractivity contribution is -0.116. The van der Waals surface area contributed by atoms with Crippen molar-refractivity contribution in [1.29, 1.82) is 0 Å². The number of hydrogen-bond donors (Lipinski definition) is 2. The van der Waals surface area contributed by atoms with E-state index in [1.54, 1.807) is 0 Å². The Kier molecular flexibility index (Phi) is 3.79. The molecule has 17 heavy (non-hydrogen) atoms. The molecule has 2 rings (SSSR count). The Morgan fingerprint density at radius 3 is 2.71 bits per heavy atom. The average molecular weight is 228 g/mol. The van der Waals surface area contributed by atoms with E-state index in [1.807, 2.05) is 30.3 Å². The van der Waals surface area contributed by atoms with Gasteiger partial charge in [-0.1, -0.05) is 24.1 Å². The number of nitrogens with one attached hydrogen (secondary N) is 1. The van der Waals surface area contributed by atoms with Crippen molar-refractivity contribution in [3.63, 3.8) is 0 Å². The first kappa shape index (κ1) is 11.7. The van der Waals surface area contributed by atoms with Crippen LogP contribution in [-0.2, 0) is 4.79 Å². The van der Waals surface area contributed by atoms with E-state index in [4.69, 9.17) is 5.73 Å². The van der Waals surface area contributed by atoms with Gasteiger partial charge < -0.3 is 11.1 Å². The highest BCUT2D eigenvalue weighted by Gasteiger charge is 2.30. The van der Waals surface area contributed by atoms with Crippen LogP contribution in [0.2, 0.25) is 0 Å². The summed E-state index contributed by atoms with van der Waals surface area (Å²) >= 11 is 0. The summed E-state index contributed by atoms with van der Waals surface area (Å²) in [7, 11) is 0. The molecule has 1 fully saturated rings. The molecular formula is C14H16N2O. The Morgan fingerprint density at radius 1 is 1.41 bits per heavy atom. The van der Waals surface area contributed by atoms with Crippen molar-refractivity contribution >= 4 is 5.91 Å². The quantitative estimate of drug-likeness (QED) is 0.755. The summed E-state index contributed by atoms with van der Waals surface area (Å²) in [5.41, 5.74) is 6.45. The molecule has 1 aliphatic carbocycles. The number of nitrogens with two attached hydrogens (primary N) is 1. The van der Waals surface area contributed by atoms with Gasteiger partial charge in [0.05, 0.1) is 0 Å². The van der Waals surface area contributed by atoms with E-state index in [1.165, 1.54) is 0 Å². The largest absolute Gasteiger partial charge is 0.341 e. The third-order valence-corrected chi connectivity index (χ3v) is 2.86. The highest BCUT2D eigenvalue weighted by Crippen LogP contribution is 2.32. The maximum absolute atomic E-state index is 11.6. The molecule has 1 aliphatic rings. The molecule has 1 aromatic carbocycles. The van der Waals surface area contributed by atoms with Gasteiger partial charge in [0.2, 0.25) is 0 Å². The molecular weight excluding hydrogens is 212 g/mol. The lowest BCUT2D eigenvalue weighted by Crippen LogP contribution is -2.41. The van der Waals surface area contributed by atoms with E-state index in [-0.39, 0.29) is 11.9 Å². The minimum Gasteiger partial charge on any atom is -0.341 e. The fourth-order valence-corrected chi connectivity index (χ4v) is 1.72. The smallest absolute Gasteiger partial charge is 0.296 e. The zero-order valence-electron chi connectivity index (χ0n) is 9.65. The summed E-state index contributed by atoms with van der Waals surface area (Å²) in [5, 5.41) is 2.86. The molecule has 0 bridgehead atoms. The predicted octanol–water partition coefficient (Wildman–Crippen LogP) is 0.892. The molecule has 1 unspecified atom stereocenters. The van der Waals surface area contributed by atoms with Crippen LogP contribution in [0.3, 0.4) is 0 Å². The first-order valence-electron chi connectivity index (χ1n) is 5.87. The minimum atomic E-state index is -0.240. The number of hydrogen-bond acceptors (Lipinski definition) is 2. The number of amides is 1. The van der Waals surface area contributed by atoms with Gasteiger partial charge in [0.25, 0.3) is 5.91 Å². The second-order valence-corrected chi connectivity index (χ2v) is 4.27. The van der Waals surface area contributed by atoms with E-state index >= 15 is 0 Å². The van der Waals surface area contributed by atoms with Gasteiger partial charge in [-0.2, -0.15) is 0 Å². The molecule has 1 saturated carbocycles. The predicted molar refractivity (Wildman–Crippen MR) is 67.0 cm³/mol. The van der Waals surface area contributed by atoms with Crippen LogP contribution in [0.15, 0.2) is 30.3 Å². The maximum atomic E-state index is 11.6. The lowest BCUT2D eigenvalue weighted by atomic mass is 10.2. The van der Waals surface area contributed by atoms with Crippen LogP contribution in [0.4, 0.5) is 0 Å². The number of carbonyl (C=O) groups is 1. The Labute approximate surface area is 101 Å². The fraction of sp³-hybridized carbons (Fsp3) is 0.357. The zero-order valence-corrected chi connectivity index (χ0v) is 9.65. The zero-order chi connectivity index (χ0) is 12.1. The molecule has 3 heteroatoms. The Hall–Kier alpha value is -1.79. The van der Waals surface area contributed by atoms with Gasteiger partial charge in [-0.15, -0.1) is 0 Å². The summed E-state index contributed by atoms with van der Waals surface area (Å²) < 4.78 is 0. The van der Waals surface area contributed by atoms with E-state index in [2.05, 4.69) is 17.2 Å². The van der Waals surface area contributed by atoms with Gasteiger partial charge in [0.1, 0.15) is 0 Å². The monoisotopic (exact) mass is 228 g/mol. The van der Waals surface area contributed by atoms with Crippen LogP contribution in [-0.4, -0.2) is 18.5 Å². The first-order chi connectivity index (χ1) is 8.29. The van der Waals surface area contributed by atoms with Crippen molar-refractivity contribution in [2.24, 2.45) is 11.7 Å². The summed E-state index contributed by atoms with van der Waals surface area (Å²) in [6, 6.07) is 9.56. The van der Waals surface area contributed by atoms with Gasteiger partial charge in [-0.05, 0) is 30.9 Å². The third kappa shape index (κ3) is 3.61. The second kappa shape index (κ2) is 5.51. The van der Waals surface area contributed by atoms with E-state index in [0.29, 0.717) is 12.5 Å². The molecule has 0 aliphatic heterocycles. The molecule has 0 radical (unpaired) electrons. The van der Waals surface area contributed by atoms with Gasteiger partial charge in [0, 0.05) is 24.1 Å². The van der Waals surface area contributed by atoms with Gasteiger partial charge in [0.15, 0.2) is 0 Å². The topological polar surface area (TPSA) is 55.1 Å². The Bertz CT molecular complexity index is 440. The average Bonchev–Trinajstić information content (AvgIpc) is 3.19. The normalized spacial score (nSPS) is 15.6. The van der Waals surface area contributed by atoms with Crippen molar-refractivity contribution in [2.75, 3.05) is 6.54 Å². The molecule has 3 N–H and O–H groups in total. The van der Waals surface area contributed by atoms with E-state index in [0.717, 1.165) is 18.4 Å². The summed E-state index contributed by atoms with van der Waals surface area (Å²) in [5.74, 6) is 5.74. The van der Waals surface area contributed by atoms with Crippen molar-refractivity contribution < 1.29 is 4.79 Å². The minimum absolute atomic E-state index is 0.0903. The number of carbonyl (C=O) groups excluding carboxylic acids is 1. The van der Waals surface area contributed by atoms with Crippen molar-refractivity contribution in [3.05, 3.63) is 35.9 Å². The maximum Gasteiger partial charge on any atom is 0.296 e. The number of rotatable bonds is 3. The van der Waals surface area contributed by atoms with Crippen LogP contribution in [0.25, 0.3) is 0 Å². The van der Waals surface area contributed by atoms with Crippen molar-refractivity contribution in [3.8, 4) is 11.8 Å². The van der Waals surface area contributed by atoms with Crippen molar-refractivity contribution in [1.82, 2.24) is 5.32 Å². The molecule has 1 aromatic rings. The molecule has 88 valence electrons. The molecule has 1 atom stereocenters. The van der Waals surface area contributed by atoms with Gasteiger partial charge >= 0.3 is 0 Å². The van der Waals surface area contributed by atoms with E-state index < -0.39 is 0 Å². The molecule has 0 heterocycles. The summed E-state index contributed by atoms with van der Waals surface area (Å²) in [6.45, 7) is 0.490. The van der Waals surface area contributed by atoms with Crippen LogP contribution >= 0.6 is 0 Å². The lowest BCUT2D eigenvalue weighted by Gasteiger charge is -2.13. The van der Waals surface area contributed by atoms with Gasteiger partial charge in [-0.3, -0.25) is 4.79 Å². The van der Waals surface area contributed by atoms with Gasteiger partial charge in [-0.25, -0.2) is 0 Å².